The summed E-state index contributed by atoms with van der Waals surface area (Å²) in [5.74, 6) is 0. The highest BCUT2D eigenvalue weighted by Crippen LogP contribution is 2.29. The summed E-state index contributed by atoms with van der Waals surface area (Å²) in [4.78, 5) is 2.53. The van der Waals surface area contributed by atoms with E-state index in [0.717, 1.165) is 19.5 Å². The summed E-state index contributed by atoms with van der Waals surface area (Å²) in [7, 11) is 0. The second kappa shape index (κ2) is 4.69. The van der Waals surface area contributed by atoms with E-state index in [4.69, 9.17) is 0 Å². The minimum atomic E-state index is 0.212. The lowest BCUT2D eigenvalue weighted by atomic mass is 9.98. The first-order valence-corrected chi connectivity index (χ1v) is 6.65. The third-order valence-electron chi connectivity index (χ3n) is 3.93. The molecule has 0 radical (unpaired) electrons. The highest BCUT2D eigenvalue weighted by Gasteiger charge is 2.30. The van der Waals surface area contributed by atoms with Gasteiger partial charge in [-0.2, -0.15) is 0 Å². The molecule has 1 unspecified atom stereocenters. The Hall–Kier alpha value is -1.02. The fourth-order valence-electron chi connectivity index (χ4n) is 2.46. The first-order valence-electron chi connectivity index (χ1n) is 6.65. The maximum Gasteiger partial charge on any atom is 0.0414 e. The van der Waals surface area contributed by atoms with Crippen LogP contribution in [0.25, 0.3) is 0 Å². The van der Waals surface area contributed by atoms with Crippen LogP contribution in [0.1, 0.15) is 39.7 Å². The van der Waals surface area contributed by atoms with Crippen molar-refractivity contribution in [2.75, 3.05) is 11.4 Å². The van der Waals surface area contributed by atoms with Crippen LogP contribution in [0.2, 0.25) is 0 Å². The second-order valence-electron chi connectivity index (χ2n) is 5.62. The first-order chi connectivity index (χ1) is 8.06. The Balaban J connectivity index is 2.39. The summed E-state index contributed by atoms with van der Waals surface area (Å²) in [6, 6.07) is 9.30. The third kappa shape index (κ3) is 2.47. The summed E-state index contributed by atoms with van der Waals surface area (Å²) < 4.78 is 0. The molecule has 1 aliphatic heterocycles. The van der Waals surface area contributed by atoms with E-state index in [-0.39, 0.29) is 5.54 Å². The molecule has 0 amide bonds. The third-order valence-corrected chi connectivity index (χ3v) is 3.93. The molecule has 1 aromatic carbocycles. The summed E-state index contributed by atoms with van der Waals surface area (Å²) in [6.45, 7) is 11.2. The number of fused-ring (bicyclic) bond motifs is 1. The number of para-hydroxylation sites is 1. The summed E-state index contributed by atoms with van der Waals surface area (Å²) in [5, 5.41) is 3.71. The molecule has 2 heteroatoms. The Morgan fingerprint density at radius 1 is 1.35 bits per heavy atom. The molecule has 94 valence electrons. The van der Waals surface area contributed by atoms with E-state index in [9.17, 15) is 0 Å². The van der Waals surface area contributed by atoms with Crippen LogP contribution in [0.15, 0.2) is 24.3 Å². The summed E-state index contributed by atoms with van der Waals surface area (Å²) in [5.41, 5.74) is 3.02. The van der Waals surface area contributed by atoms with Gasteiger partial charge in [0, 0.05) is 30.4 Å². The molecule has 0 aromatic heterocycles. The van der Waals surface area contributed by atoms with Crippen molar-refractivity contribution in [3.63, 3.8) is 0 Å². The normalized spacial score (nSPS) is 24.6. The fourth-order valence-corrected chi connectivity index (χ4v) is 2.46. The van der Waals surface area contributed by atoms with Gasteiger partial charge in [0.15, 0.2) is 0 Å². The maximum absolute atomic E-state index is 3.71. The Kier molecular flexibility index (Phi) is 3.43. The van der Waals surface area contributed by atoms with E-state index in [1.807, 2.05) is 0 Å². The van der Waals surface area contributed by atoms with Crippen LogP contribution < -0.4 is 10.2 Å². The molecule has 0 aliphatic carbocycles. The van der Waals surface area contributed by atoms with Gasteiger partial charge < -0.3 is 10.2 Å². The number of anilines is 1. The number of rotatable bonds is 2. The van der Waals surface area contributed by atoms with Gasteiger partial charge in [-0.15, -0.1) is 0 Å². The average molecular weight is 232 g/mol. The Bertz CT molecular complexity index is 386. The quantitative estimate of drug-likeness (QED) is 0.842. The molecule has 1 heterocycles. The minimum absolute atomic E-state index is 0.212. The molecule has 2 rings (SSSR count). The van der Waals surface area contributed by atoms with Crippen molar-refractivity contribution in [1.29, 1.82) is 0 Å². The molecule has 2 nitrogen and oxygen atoms in total. The van der Waals surface area contributed by atoms with Gasteiger partial charge in [-0.25, -0.2) is 0 Å². The van der Waals surface area contributed by atoms with Gasteiger partial charge in [0.1, 0.15) is 0 Å². The molecule has 1 aromatic rings. The van der Waals surface area contributed by atoms with E-state index in [0.29, 0.717) is 6.04 Å². The number of hydrogen-bond donors (Lipinski definition) is 1. The smallest absolute Gasteiger partial charge is 0.0414 e. The van der Waals surface area contributed by atoms with E-state index in [1.54, 1.807) is 0 Å². The molecular formula is C15H24N2. The standard InChI is InChI=1S/C15H24N2/c1-5-15(4)11-17(12(2)3)14-9-7-6-8-13(14)10-16-15/h6-9,12,16H,5,10-11H2,1-4H3. The maximum atomic E-state index is 3.71. The van der Waals surface area contributed by atoms with Crippen molar-refractivity contribution in [2.45, 2.75) is 52.2 Å². The van der Waals surface area contributed by atoms with Crippen LogP contribution in [0.4, 0.5) is 5.69 Å². The zero-order valence-corrected chi connectivity index (χ0v) is 11.5. The molecule has 1 atom stereocenters. The van der Waals surface area contributed by atoms with Gasteiger partial charge >= 0.3 is 0 Å². The number of benzene rings is 1. The predicted octanol–water partition coefficient (Wildman–Crippen LogP) is 3.17. The lowest BCUT2D eigenvalue weighted by Crippen LogP contribution is -2.50. The van der Waals surface area contributed by atoms with Crippen LogP contribution in [0.3, 0.4) is 0 Å². The average Bonchev–Trinajstić information content (AvgIpc) is 2.48. The molecule has 17 heavy (non-hydrogen) atoms. The number of nitrogens with zero attached hydrogens (tertiary/aromatic N) is 1. The topological polar surface area (TPSA) is 15.3 Å². The van der Waals surface area contributed by atoms with Gasteiger partial charge in [-0.05, 0) is 38.8 Å². The van der Waals surface area contributed by atoms with E-state index < -0.39 is 0 Å². The van der Waals surface area contributed by atoms with Crippen LogP contribution in [-0.4, -0.2) is 18.1 Å². The molecule has 0 fully saturated rings. The van der Waals surface area contributed by atoms with Gasteiger partial charge in [0.05, 0.1) is 0 Å². The fraction of sp³-hybridized carbons (Fsp3) is 0.600. The summed E-state index contributed by atoms with van der Waals surface area (Å²) >= 11 is 0. The molecule has 0 bridgehead atoms. The van der Waals surface area contributed by atoms with Crippen molar-refractivity contribution < 1.29 is 0 Å². The van der Waals surface area contributed by atoms with Crippen molar-refractivity contribution in [2.24, 2.45) is 0 Å². The minimum Gasteiger partial charge on any atom is -0.367 e. The van der Waals surface area contributed by atoms with Gasteiger partial charge in [-0.1, -0.05) is 25.1 Å². The lowest BCUT2D eigenvalue weighted by Gasteiger charge is -2.36. The molecular weight excluding hydrogens is 208 g/mol. The molecule has 0 spiro atoms. The molecule has 0 saturated heterocycles. The Morgan fingerprint density at radius 3 is 2.71 bits per heavy atom. The largest absolute Gasteiger partial charge is 0.367 e. The Morgan fingerprint density at radius 2 is 2.06 bits per heavy atom. The van der Waals surface area contributed by atoms with Crippen molar-refractivity contribution in [3.8, 4) is 0 Å². The van der Waals surface area contributed by atoms with Crippen molar-refractivity contribution in [3.05, 3.63) is 29.8 Å². The molecule has 1 aliphatic rings. The zero-order chi connectivity index (χ0) is 12.5. The number of nitrogens with one attached hydrogen (secondary N) is 1. The highest BCUT2D eigenvalue weighted by atomic mass is 15.2. The zero-order valence-electron chi connectivity index (χ0n) is 11.5. The molecule has 1 N–H and O–H groups in total. The van der Waals surface area contributed by atoms with E-state index in [2.05, 4.69) is 62.2 Å². The van der Waals surface area contributed by atoms with Crippen LogP contribution in [0, 0.1) is 0 Å². The predicted molar refractivity (Wildman–Crippen MR) is 74.5 cm³/mol. The molecule has 0 saturated carbocycles. The number of hydrogen-bond acceptors (Lipinski definition) is 2. The van der Waals surface area contributed by atoms with Crippen LogP contribution in [0.5, 0.6) is 0 Å². The van der Waals surface area contributed by atoms with Crippen LogP contribution in [-0.2, 0) is 6.54 Å². The van der Waals surface area contributed by atoms with Gasteiger partial charge in [0.2, 0.25) is 0 Å². The second-order valence-corrected chi connectivity index (χ2v) is 5.62. The van der Waals surface area contributed by atoms with Gasteiger partial charge in [-0.3, -0.25) is 0 Å². The van der Waals surface area contributed by atoms with Crippen molar-refractivity contribution in [1.82, 2.24) is 5.32 Å². The SMILES string of the molecule is CCC1(C)CN(C(C)C)c2ccccc2CN1. The van der Waals surface area contributed by atoms with Gasteiger partial charge in [0.25, 0.3) is 0 Å². The summed E-state index contributed by atoms with van der Waals surface area (Å²) in [6.07, 6.45) is 1.16. The van der Waals surface area contributed by atoms with Crippen molar-refractivity contribution >= 4 is 5.69 Å². The lowest BCUT2D eigenvalue weighted by molar-refractivity contribution is 0.344. The van der Waals surface area contributed by atoms with Crippen LogP contribution >= 0.6 is 0 Å². The highest BCUT2D eigenvalue weighted by molar-refractivity contribution is 5.55. The van der Waals surface area contributed by atoms with E-state index in [1.165, 1.54) is 11.3 Å². The monoisotopic (exact) mass is 232 g/mol. The van der Waals surface area contributed by atoms with E-state index >= 15 is 0 Å². The first kappa shape index (κ1) is 12.4. The Labute approximate surface area is 105 Å².